The van der Waals surface area contributed by atoms with Crippen molar-refractivity contribution in [2.24, 2.45) is 0 Å². The number of hydrogen-bond acceptors (Lipinski definition) is 35. The average Bonchev–Trinajstić information content (AvgIpc) is 1.08. The molecule has 0 aromatic carbocycles. The molecule has 86 heavy (non-hydrogen) atoms. The average molecular weight is 1260 g/mol. The van der Waals surface area contributed by atoms with Crippen LogP contribution in [0.2, 0.25) is 0 Å². The minimum absolute atomic E-state index is 0.791. The van der Waals surface area contributed by atoms with E-state index in [0.717, 1.165) is 20.8 Å². The molecule has 0 radical (unpaired) electrons. The lowest BCUT2D eigenvalue weighted by Gasteiger charge is -2.50. The van der Waals surface area contributed by atoms with Crippen LogP contribution in [0.25, 0.3) is 0 Å². The molecular weight excluding hydrogens is 1180 g/mol. The predicted octanol–water partition coefficient (Wildman–Crippen LogP) is -15.2. The highest BCUT2D eigenvalue weighted by atomic mass is 16.8. The van der Waals surface area contributed by atoms with Gasteiger partial charge in [0.15, 0.2) is 37.7 Å². The van der Waals surface area contributed by atoms with Gasteiger partial charge in [0.25, 0.3) is 0 Å². The third-order valence-electron chi connectivity index (χ3n) is 15.3. The Kier molecular flexibility index (Phi) is 26.8. The molecule has 38 nitrogen and oxygen atoms in total. The van der Waals surface area contributed by atoms with Crippen LogP contribution >= 0.6 is 0 Å². The summed E-state index contributed by atoms with van der Waals surface area (Å²) in [6, 6.07) is -5.23. The van der Waals surface area contributed by atoms with Gasteiger partial charge in [0, 0.05) is 20.8 Å². The molecule has 0 aromatic heterocycles. The van der Waals surface area contributed by atoms with Crippen molar-refractivity contribution < 1.29 is 173 Å². The van der Waals surface area contributed by atoms with E-state index in [1.165, 1.54) is 6.92 Å². The minimum atomic E-state index is -2.36. The molecule has 6 aliphatic rings. The van der Waals surface area contributed by atoms with Crippen molar-refractivity contribution in [1.82, 2.24) is 16.0 Å². The summed E-state index contributed by atoms with van der Waals surface area (Å²) in [6.45, 7) is -2.78. The van der Waals surface area contributed by atoms with E-state index in [0.29, 0.717) is 0 Å². The van der Waals surface area contributed by atoms with Gasteiger partial charge in [-0.3, -0.25) is 14.4 Å². The lowest BCUT2D eigenvalue weighted by Crippen LogP contribution is -2.69. The third-order valence-corrected chi connectivity index (χ3v) is 15.3. The molecule has 6 saturated heterocycles. The van der Waals surface area contributed by atoms with Crippen LogP contribution in [0.4, 0.5) is 0 Å². The first-order valence-corrected chi connectivity index (χ1v) is 27.4. The second-order valence-corrected chi connectivity index (χ2v) is 21.6. The summed E-state index contributed by atoms with van der Waals surface area (Å²) in [5.74, 6) is -2.53. The monoisotopic (exact) mass is 1260 g/mol. The zero-order valence-electron chi connectivity index (χ0n) is 46.6. The molecule has 0 bridgehead atoms. The smallest absolute Gasteiger partial charge is 0.217 e. The lowest BCUT2D eigenvalue weighted by molar-refractivity contribution is -0.386. The Balaban J connectivity index is 1.31. The number of ether oxygens (including phenoxy) is 12. The van der Waals surface area contributed by atoms with Gasteiger partial charge in [-0.05, 0) is 6.92 Å². The molecule has 500 valence electrons. The van der Waals surface area contributed by atoms with E-state index in [9.17, 15) is 117 Å². The van der Waals surface area contributed by atoms with Crippen molar-refractivity contribution >= 4 is 17.7 Å². The van der Waals surface area contributed by atoms with Crippen molar-refractivity contribution in [1.29, 1.82) is 0 Å². The number of carbonyl (C=O) groups is 3. The van der Waals surface area contributed by atoms with Gasteiger partial charge < -0.3 is 175 Å². The van der Waals surface area contributed by atoms with Crippen LogP contribution in [0, 0.1) is 0 Å². The van der Waals surface area contributed by atoms with Gasteiger partial charge in [-0.15, -0.1) is 0 Å². The Morgan fingerprint density at radius 3 is 1.45 bits per heavy atom. The molecular formula is C48H83N3O35. The van der Waals surface area contributed by atoms with Gasteiger partial charge in [-0.2, -0.15) is 0 Å². The maximum Gasteiger partial charge on any atom is 0.217 e. The van der Waals surface area contributed by atoms with E-state index in [-0.39, 0.29) is 0 Å². The second kappa shape index (κ2) is 31.9. The van der Waals surface area contributed by atoms with Crippen LogP contribution in [0.3, 0.4) is 0 Å². The Morgan fingerprint density at radius 1 is 0.430 bits per heavy atom. The number of carbonyl (C=O) groups excluding carboxylic acids is 3. The largest absolute Gasteiger partial charge is 0.394 e. The fraction of sp³-hybridized carbons (Fsp3) is 0.938. The molecule has 0 aromatic rings. The summed E-state index contributed by atoms with van der Waals surface area (Å²) in [5, 5.41) is 224. The standard InChI is InChI=1S/C48H83N3O35/c1-12-25(61)33(69)36(72)45(77-12)75-10-17(60)39(26(62)16(5-52)49-13(2)57)83-44-24(51-15(4)59)32(68)40(21(9-56)81-44)84-47-38(74)41(85-46-37(73)34(70)28(64)19(7-54)79-46)30(66)22(82-47)11-76-48-42(35(71)29(65)20(8-55)80-48)86-43-23(50-14(3)58)31(67)27(63)18(6-53)78-43/h12,16-48,52-56,60-74H,5-11H2,1-4H3,(H,49,57)(H,50,58)(H,51,59)/t12-,16-,17+,18+,19+,20+,21+,22+,23+,24+,25+,26+,27+,28+,29+,30+,31+,32+,33+,34-,35-,36-,37-,38-,39+,40+,41-,42-,43?,44?,45?,46?,47?,48?/m0/s1. The highest BCUT2D eigenvalue weighted by Crippen LogP contribution is 2.36. The maximum absolute atomic E-state index is 12.9. The van der Waals surface area contributed by atoms with Gasteiger partial charge >= 0.3 is 0 Å². The summed E-state index contributed by atoms with van der Waals surface area (Å²) in [4.78, 5) is 37.2. The Morgan fingerprint density at radius 2 is 0.895 bits per heavy atom. The van der Waals surface area contributed by atoms with Gasteiger partial charge in [0.1, 0.15) is 159 Å². The fourth-order valence-electron chi connectivity index (χ4n) is 10.5. The Bertz CT molecular complexity index is 2120. The zero-order valence-corrected chi connectivity index (χ0v) is 46.6. The lowest BCUT2D eigenvalue weighted by atomic mass is 9.94. The van der Waals surface area contributed by atoms with Crippen LogP contribution in [0.1, 0.15) is 27.7 Å². The van der Waals surface area contributed by atoms with E-state index < -0.39 is 272 Å². The van der Waals surface area contributed by atoms with E-state index in [1.54, 1.807) is 0 Å². The number of aliphatic hydroxyl groups excluding tert-OH is 20. The van der Waals surface area contributed by atoms with Crippen LogP contribution < -0.4 is 16.0 Å². The number of hydrogen-bond donors (Lipinski definition) is 23. The highest BCUT2D eigenvalue weighted by Gasteiger charge is 2.57. The Labute approximate surface area is 488 Å². The summed E-state index contributed by atoms with van der Waals surface area (Å²) in [6.07, 6.45) is -60.7. The van der Waals surface area contributed by atoms with Crippen molar-refractivity contribution in [3.8, 4) is 0 Å². The Hall–Kier alpha value is -2.87. The highest BCUT2D eigenvalue weighted by molar-refractivity contribution is 5.74. The van der Waals surface area contributed by atoms with Gasteiger partial charge in [0.05, 0.1) is 58.4 Å². The van der Waals surface area contributed by atoms with E-state index in [1.807, 2.05) is 0 Å². The topological polar surface area (TPSA) is 603 Å². The molecule has 6 heterocycles. The van der Waals surface area contributed by atoms with Gasteiger partial charge in [-0.1, -0.05) is 0 Å². The van der Waals surface area contributed by atoms with Crippen LogP contribution in [0.15, 0.2) is 0 Å². The number of aliphatic hydroxyl groups is 20. The predicted molar refractivity (Wildman–Crippen MR) is 267 cm³/mol. The number of nitrogens with one attached hydrogen (secondary N) is 3. The summed E-state index contributed by atoms with van der Waals surface area (Å²) < 4.78 is 69.4. The quantitative estimate of drug-likeness (QED) is 0.0404. The first-order chi connectivity index (χ1) is 40.5. The fourth-order valence-corrected chi connectivity index (χ4v) is 10.5. The molecule has 38 heteroatoms. The molecule has 6 rings (SSSR count). The minimum Gasteiger partial charge on any atom is -0.394 e. The van der Waals surface area contributed by atoms with Crippen molar-refractivity contribution in [2.45, 2.75) is 236 Å². The van der Waals surface area contributed by atoms with Crippen LogP contribution in [-0.2, 0) is 71.2 Å². The van der Waals surface area contributed by atoms with Crippen molar-refractivity contribution in [3.63, 3.8) is 0 Å². The van der Waals surface area contributed by atoms with Gasteiger partial charge in [-0.25, -0.2) is 0 Å². The van der Waals surface area contributed by atoms with Crippen LogP contribution in [-0.4, -0.2) is 375 Å². The van der Waals surface area contributed by atoms with E-state index in [4.69, 9.17) is 56.8 Å². The van der Waals surface area contributed by atoms with Crippen molar-refractivity contribution in [2.75, 3.05) is 46.2 Å². The normalized spacial score (nSPS) is 45.5. The zero-order chi connectivity index (χ0) is 63.9. The maximum atomic E-state index is 12.9. The first kappa shape index (κ1) is 72.2. The molecule has 0 aliphatic carbocycles. The molecule has 34 atom stereocenters. The molecule has 3 amide bonds. The van der Waals surface area contributed by atoms with Crippen LogP contribution in [0.5, 0.6) is 0 Å². The number of amides is 3. The SMILES string of the molecule is CC(=O)N[C@@H](CO)[C@@H](O)[C@H](OC1O[C@H](CO)[C@@H](OC2O[C@H](COC3O[C@H](CO)[C@@H](O)[C@H](O)[C@@H]3OC3O[C@H](CO)[C@@H](O)[C@H](O)[C@H]3NC(C)=O)[C@@H](O)[C@H](OC3O[C@H](CO)[C@@H](O)[C@H](O)[C@@H]3O)[C@@H]2O)[C@H](O)[C@H]1NC(C)=O)[C@H](O)COC1O[C@@H](C)[C@@H](O)[C@@H](O)[C@@H]1O. The first-order valence-electron chi connectivity index (χ1n) is 27.4. The molecule has 0 spiro atoms. The number of rotatable bonds is 25. The third kappa shape index (κ3) is 16.6. The van der Waals surface area contributed by atoms with E-state index in [2.05, 4.69) is 16.0 Å². The molecule has 6 aliphatic heterocycles. The summed E-state index contributed by atoms with van der Waals surface area (Å²) >= 11 is 0. The van der Waals surface area contributed by atoms with E-state index >= 15 is 0 Å². The second-order valence-electron chi connectivity index (χ2n) is 21.6. The van der Waals surface area contributed by atoms with Gasteiger partial charge in [0.2, 0.25) is 17.7 Å². The molecule has 6 fully saturated rings. The molecule has 6 unspecified atom stereocenters. The molecule has 0 saturated carbocycles. The molecule has 23 N–H and O–H groups in total. The summed E-state index contributed by atoms with van der Waals surface area (Å²) in [5.41, 5.74) is 0. The summed E-state index contributed by atoms with van der Waals surface area (Å²) in [7, 11) is 0. The van der Waals surface area contributed by atoms with Crippen molar-refractivity contribution in [3.05, 3.63) is 0 Å².